The van der Waals surface area contributed by atoms with Crippen molar-refractivity contribution in [3.63, 3.8) is 0 Å². The van der Waals surface area contributed by atoms with E-state index in [1.54, 1.807) is 27.7 Å². The number of hydrogen-bond donors (Lipinski definition) is 0. The highest BCUT2D eigenvalue weighted by Crippen LogP contribution is 2.23. The number of ether oxygens (including phenoxy) is 1. The second kappa shape index (κ2) is 11.9. The zero-order valence-corrected chi connectivity index (χ0v) is 22.3. The molecule has 0 saturated carbocycles. The quantitative estimate of drug-likeness (QED) is 0.283. The molecule has 39 heavy (non-hydrogen) atoms. The first-order valence-electron chi connectivity index (χ1n) is 12.9. The molecular formula is C30H30FN3O4S. The summed E-state index contributed by atoms with van der Waals surface area (Å²) in [7, 11) is -4.01. The average molecular weight is 548 g/mol. The fraction of sp³-hybridized carbons (Fsp3) is 0.267. The number of carbonyl (C=O) groups excluding carboxylic acids is 1. The summed E-state index contributed by atoms with van der Waals surface area (Å²) in [6.07, 6.45) is 3.19. The smallest absolute Gasteiger partial charge is 0.254 e. The van der Waals surface area contributed by atoms with E-state index in [2.05, 4.69) is 4.98 Å². The van der Waals surface area contributed by atoms with Crippen molar-refractivity contribution in [2.75, 3.05) is 13.2 Å². The van der Waals surface area contributed by atoms with Crippen molar-refractivity contribution >= 4 is 15.7 Å². The Morgan fingerprint density at radius 1 is 1.00 bits per heavy atom. The van der Waals surface area contributed by atoms with Gasteiger partial charge in [0.15, 0.2) is 0 Å². The number of imidazole rings is 1. The monoisotopic (exact) mass is 547 g/mol. The molecule has 9 heteroatoms. The molecule has 2 heterocycles. The van der Waals surface area contributed by atoms with Crippen LogP contribution in [0.5, 0.6) is 0 Å². The van der Waals surface area contributed by atoms with Gasteiger partial charge in [-0.25, -0.2) is 17.8 Å². The standard InChI is InChI=1S/C30H30FN3O4S/c31-28-16-8-7-14-25(28)22-39(36,37)30-32-18-26(34(30)19-23-10-3-1-4-11-23)20-33(21-27-15-9-17-38-27)29(35)24-12-5-2-6-13-24/h1-8,10-14,16,18,27H,9,15,17,19-22H2/t27-/m0/s1. The van der Waals surface area contributed by atoms with E-state index in [4.69, 9.17) is 4.74 Å². The maximum absolute atomic E-state index is 14.4. The van der Waals surface area contributed by atoms with Gasteiger partial charge >= 0.3 is 0 Å². The molecule has 0 unspecified atom stereocenters. The summed E-state index contributed by atoms with van der Waals surface area (Å²) >= 11 is 0. The molecule has 1 aliphatic rings. The molecule has 0 spiro atoms. The number of halogens is 1. The molecule has 0 bridgehead atoms. The molecule has 4 aromatic rings. The normalized spacial score (nSPS) is 15.4. The van der Waals surface area contributed by atoms with Crippen LogP contribution in [0.3, 0.4) is 0 Å². The Labute approximate surface area is 227 Å². The topological polar surface area (TPSA) is 81.5 Å². The van der Waals surface area contributed by atoms with E-state index < -0.39 is 21.4 Å². The number of sulfone groups is 1. The molecule has 1 aliphatic heterocycles. The van der Waals surface area contributed by atoms with E-state index >= 15 is 0 Å². The highest BCUT2D eigenvalue weighted by molar-refractivity contribution is 7.90. The molecule has 1 fully saturated rings. The minimum absolute atomic E-state index is 0.0765. The molecule has 0 radical (unpaired) electrons. The molecular weight excluding hydrogens is 517 g/mol. The van der Waals surface area contributed by atoms with Gasteiger partial charge in [0, 0.05) is 24.3 Å². The van der Waals surface area contributed by atoms with Gasteiger partial charge in [-0.2, -0.15) is 0 Å². The molecule has 1 aromatic heterocycles. The first kappa shape index (κ1) is 26.8. The number of nitrogens with zero attached hydrogens (tertiary/aromatic N) is 3. The largest absolute Gasteiger partial charge is 0.376 e. The molecule has 3 aromatic carbocycles. The summed E-state index contributed by atoms with van der Waals surface area (Å²) < 4.78 is 48.9. The Bertz CT molecular complexity index is 1520. The van der Waals surface area contributed by atoms with E-state index in [-0.39, 0.29) is 35.8 Å². The van der Waals surface area contributed by atoms with E-state index in [1.165, 1.54) is 24.4 Å². The van der Waals surface area contributed by atoms with Crippen LogP contribution < -0.4 is 0 Å². The Morgan fingerprint density at radius 2 is 1.69 bits per heavy atom. The van der Waals surface area contributed by atoms with Crippen molar-refractivity contribution in [2.24, 2.45) is 0 Å². The van der Waals surface area contributed by atoms with E-state index in [1.807, 2.05) is 48.5 Å². The van der Waals surface area contributed by atoms with Gasteiger partial charge < -0.3 is 14.2 Å². The maximum Gasteiger partial charge on any atom is 0.254 e. The van der Waals surface area contributed by atoms with Crippen LogP contribution in [0.25, 0.3) is 0 Å². The van der Waals surface area contributed by atoms with Crippen molar-refractivity contribution in [3.05, 3.63) is 119 Å². The van der Waals surface area contributed by atoms with Gasteiger partial charge in [0.1, 0.15) is 5.82 Å². The highest BCUT2D eigenvalue weighted by atomic mass is 32.2. The lowest BCUT2D eigenvalue weighted by Gasteiger charge is -2.26. The summed E-state index contributed by atoms with van der Waals surface area (Å²) in [6.45, 7) is 1.40. The van der Waals surface area contributed by atoms with Gasteiger partial charge in [0.25, 0.3) is 5.91 Å². The van der Waals surface area contributed by atoms with Crippen molar-refractivity contribution in [1.29, 1.82) is 0 Å². The number of amides is 1. The first-order chi connectivity index (χ1) is 18.9. The van der Waals surface area contributed by atoms with Crippen LogP contribution in [0.1, 0.15) is 40.0 Å². The van der Waals surface area contributed by atoms with Crippen LogP contribution in [0.4, 0.5) is 4.39 Å². The van der Waals surface area contributed by atoms with Gasteiger partial charge in [0.2, 0.25) is 15.0 Å². The predicted octanol–water partition coefficient (Wildman–Crippen LogP) is 4.87. The number of benzene rings is 3. The Morgan fingerprint density at radius 3 is 2.38 bits per heavy atom. The maximum atomic E-state index is 14.4. The third-order valence-corrected chi connectivity index (χ3v) is 8.35. The third kappa shape index (κ3) is 6.43. The van der Waals surface area contributed by atoms with Crippen molar-refractivity contribution in [3.8, 4) is 0 Å². The van der Waals surface area contributed by atoms with Crippen LogP contribution in [0, 0.1) is 5.82 Å². The fourth-order valence-electron chi connectivity index (χ4n) is 4.80. The summed E-state index contributed by atoms with van der Waals surface area (Å²) in [5.74, 6) is -1.28. The van der Waals surface area contributed by atoms with Crippen molar-refractivity contribution in [2.45, 2.75) is 42.9 Å². The third-order valence-electron chi connectivity index (χ3n) is 6.78. The average Bonchev–Trinajstić information content (AvgIpc) is 3.61. The van der Waals surface area contributed by atoms with Crippen LogP contribution in [-0.2, 0) is 33.4 Å². The van der Waals surface area contributed by atoms with Gasteiger partial charge in [-0.3, -0.25) is 4.79 Å². The fourth-order valence-corrected chi connectivity index (χ4v) is 6.30. The minimum atomic E-state index is -4.01. The van der Waals surface area contributed by atoms with Crippen molar-refractivity contribution < 1.29 is 22.3 Å². The summed E-state index contributed by atoms with van der Waals surface area (Å²) in [6, 6.07) is 24.3. The van der Waals surface area contributed by atoms with E-state index in [0.717, 1.165) is 18.4 Å². The second-order valence-corrected chi connectivity index (χ2v) is 11.5. The van der Waals surface area contributed by atoms with E-state index in [9.17, 15) is 17.6 Å². The molecule has 202 valence electrons. The van der Waals surface area contributed by atoms with Gasteiger partial charge in [-0.15, -0.1) is 0 Å². The van der Waals surface area contributed by atoms with E-state index in [0.29, 0.717) is 24.4 Å². The van der Waals surface area contributed by atoms with Crippen LogP contribution in [0.15, 0.2) is 96.3 Å². The van der Waals surface area contributed by atoms with Gasteiger partial charge in [0.05, 0.1) is 36.8 Å². The lowest BCUT2D eigenvalue weighted by Crippen LogP contribution is -2.37. The number of hydrogen-bond acceptors (Lipinski definition) is 5. The number of carbonyl (C=O) groups is 1. The SMILES string of the molecule is O=C(c1ccccc1)N(Cc1cnc(S(=O)(=O)Cc2ccccc2F)n1Cc1ccccc1)C[C@@H]1CCCO1. The molecule has 0 N–H and O–H groups in total. The van der Waals surface area contributed by atoms with Gasteiger partial charge in [-0.05, 0) is 36.6 Å². The summed E-state index contributed by atoms with van der Waals surface area (Å²) in [5, 5.41) is -0.158. The highest BCUT2D eigenvalue weighted by Gasteiger charge is 2.29. The van der Waals surface area contributed by atoms with Crippen LogP contribution in [0.2, 0.25) is 0 Å². The lowest BCUT2D eigenvalue weighted by atomic mass is 10.1. The number of rotatable bonds is 10. The molecule has 1 saturated heterocycles. The van der Waals surface area contributed by atoms with Gasteiger partial charge in [-0.1, -0.05) is 66.7 Å². The summed E-state index contributed by atoms with van der Waals surface area (Å²) in [4.78, 5) is 19.6. The minimum Gasteiger partial charge on any atom is -0.376 e. The number of aromatic nitrogens is 2. The molecule has 0 aliphatic carbocycles. The zero-order valence-electron chi connectivity index (χ0n) is 21.4. The zero-order chi connectivity index (χ0) is 27.2. The predicted molar refractivity (Wildman–Crippen MR) is 145 cm³/mol. The second-order valence-electron chi connectivity index (χ2n) is 9.64. The van der Waals surface area contributed by atoms with Crippen molar-refractivity contribution in [1.82, 2.24) is 14.5 Å². The Balaban J connectivity index is 1.51. The Kier molecular flexibility index (Phi) is 8.18. The molecule has 1 atom stereocenters. The molecule has 5 rings (SSSR count). The molecule has 1 amide bonds. The lowest BCUT2D eigenvalue weighted by molar-refractivity contribution is 0.0501. The summed E-state index contributed by atoms with van der Waals surface area (Å²) in [5.41, 5.74) is 2.05. The van der Waals surface area contributed by atoms with Crippen LogP contribution in [-0.4, -0.2) is 48.0 Å². The first-order valence-corrected chi connectivity index (χ1v) is 14.6. The Hall–Kier alpha value is -3.82. The van der Waals surface area contributed by atoms with Crippen LogP contribution >= 0.6 is 0 Å². The molecule has 7 nitrogen and oxygen atoms in total.